The van der Waals surface area contributed by atoms with Crippen molar-refractivity contribution in [1.29, 1.82) is 0 Å². The molecule has 2 atom stereocenters. The first-order valence-electron chi connectivity index (χ1n) is 5.43. The first kappa shape index (κ1) is 10.9. The van der Waals surface area contributed by atoms with Gasteiger partial charge in [0.25, 0.3) is 0 Å². The molecule has 1 saturated heterocycles. The van der Waals surface area contributed by atoms with Crippen LogP contribution in [0.15, 0.2) is 16.9 Å². The normalized spacial score (nSPS) is 25.9. The minimum absolute atomic E-state index is 0.752. The van der Waals surface area contributed by atoms with E-state index in [-0.39, 0.29) is 0 Å². The molecule has 2 rings (SSSR count). The van der Waals surface area contributed by atoms with Gasteiger partial charge in [-0.3, -0.25) is 0 Å². The Kier molecular flexibility index (Phi) is 3.24. The summed E-state index contributed by atoms with van der Waals surface area (Å²) in [6.07, 6.45) is 4.87. The Balaban J connectivity index is 2.10. The van der Waals surface area contributed by atoms with Crippen molar-refractivity contribution in [2.45, 2.75) is 20.3 Å². The molecule has 1 aliphatic rings. The van der Waals surface area contributed by atoms with Crippen LogP contribution in [0.4, 0.5) is 5.95 Å². The molecule has 0 saturated carbocycles. The van der Waals surface area contributed by atoms with Crippen molar-refractivity contribution < 1.29 is 0 Å². The molecule has 1 aromatic rings. The molecule has 0 N–H and O–H groups in total. The molecule has 3 nitrogen and oxygen atoms in total. The number of aromatic nitrogens is 2. The van der Waals surface area contributed by atoms with Crippen LogP contribution in [0, 0.1) is 11.8 Å². The molecule has 1 aromatic heterocycles. The number of nitrogens with zero attached hydrogens (tertiary/aromatic N) is 3. The monoisotopic (exact) mass is 269 g/mol. The topological polar surface area (TPSA) is 29.0 Å². The Morgan fingerprint density at radius 1 is 1.40 bits per heavy atom. The van der Waals surface area contributed by atoms with Crippen molar-refractivity contribution in [3.63, 3.8) is 0 Å². The summed E-state index contributed by atoms with van der Waals surface area (Å²) in [5.74, 6) is 2.40. The molecule has 0 aliphatic carbocycles. The maximum Gasteiger partial charge on any atom is 0.225 e. The van der Waals surface area contributed by atoms with Gasteiger partial charge < -0.3 is 4.90 Å². The fraction of sp³-hybridized carbons (Fsp3) is 0.636. The van der Waals surface area contributed by atoms with E-state index in [2.05, 4.69) is 44.6 Å². The third-order valence-corrected chi connectivity index (χ3v) is 3.59. The van der Waals surface area contributed by atoms with Gasteiger partial charge in [-0.1, -0.05) is 20.3 Å². The first-order valence-corrected chi connectivity index (χ1v) is 6.22. The van der Waals surface area contributed by atoms with Crippen LogP contribution in [0.1, 0.15) is 20.3 Å². The second-order valence-electron chi connectivity index (χ2n) is 4.25. The number of halogens is 1. The number of rotatable bonds is 2. The Morgan fingerprint density at radius 2 is 2.07 bits per heavy atom. The van der Waals surface area contributed by atoms with E-state index in [1.54, 1.807) is 0 Å². The van der Waals surface area contributed by atoms with E-state index in [9.17, 15) is 0 Å². The van der Waals surface area contributed by atoms with Crippen LogP contribution in [0.5, 0.6) is 0 Å². The SMILES string of the molecule is CC[C@@H]1CN(c2ncc(Br)cn2)C[C@@H]1C. The molecule has 82 valence electrons. The largest absolute Gasteiger partial charge is 0.340 e. The molecule has 4 heteroatoms. The average molecular weight is 270 g/mol. The van der Waals surface area contributed by atoms with Gasteiger partial charge in [0, 0.05) is 25.5 Å². The molecule has 0 radical (unpaired) electrons. The number of hydrogen-bond donors (Lipinski definition) is 0. The smallest absolute Gasteiger partial charge is 0.225 e. The van der Waals surface area contributed by atoms with Gasteiger partial charge in [-0.05, 0) is 27.8 Å². The van der Waals surface area contributed by atoms with Crippen LogP contribution in [-0.4, -0.2) is 23.1 Å². The van der Waals surface area contributed by atoms with Gasteiger partial charge in [0.2, 0.25) is 5.95 Å². The lowest BCUT2D eigenvalue weighted by Gasteiger charge is -2.15. The van der Waals surface area contributed by atoms with E-state index >= 15 is 0 Å². The predicted molar refractivity (Wildman–Crippen MR) is 64.9 cm³/mol. The summed E-state index contributed by atoms with van der Waals surface area (Å²) in [6, 6.07) is 0. The molecule has 15 heavy (non-hydrogen) atoms. The zero-order chi connectivity index (χ0) is 10.8. The van der Waals surface area contributed by atoms with Gasteiger partial charge in [0.1, 0.15) is 0 Å². The van der Waals surface area contributed by atoms with Gasteiger partial charge >= 0.3 is 0 Å². The summed E-state index contributed by atoms with van der Waals surface area (Å²) in [7, 11) is 0. The first-order chi connectivity index (χ1) is 7.20. The van der Waals surface area contributed by atoms with Crippen LogP contribution in [0.2, 0.25) is 0 Å². The lowest BCUT2D eigenvalue weighted by atomic mass is 9.96. The molecule has 1 fully saturated rings. The number of hydrogen-bond acceptors (Lipinski definition) is 3. The van der Waals surface area contributed by atoms with Gasteiger partial charge in [-0.15, -0.1) is 0 Å². The molecular formula is C11H16BrN3. The van der Waals surface area contributed by atoms with Crippen molar-refractivity contribution in [2.75, 3.05) is 18.0 Å². The molecule has 2 heterocycles. The minimum Gasteiger partial charge on any atom is -0.340 e. The second kappa shape index (κ2) is 4.47. The van der Waals surface area contributed by atoms with E-state index in [1.165, 1.54) is 6.42 Å². The summed E-state index contributed by atoms with van der Waals surface area (Å²) in [5, 5.41) is 0. The minimum atomic E-state index is 0.752. The molecule has 0 spiro atoms. The van der Waals surface area contributed by atoms with E-state index in [0.29, 0.717) is 0 Å². The molecule has 0 aromatic carbocycles. The molecular weight excluding hydrogens is 254 g/mol. The van der Waals surface area contributed by atoms with Crippen LogP contribution in [0.25, 0.3) is 0 Å². The van der Waals surface area contributed by atoms with E-state index < -0.39 is 0 Å². The summed E-state index contributed by atoms with van der Waals surface area (Å²) in [6.45, 7) is 6.75. The molecule has 0 amide bonds. The van der Waals surface area contributed by atoms with Crippen LogP contribution in [-0.2, 0) is 0 Å². The quantitative estimate of drug-likeness (QED) is 0.827. The third kappa shape index (κ3) is 2.30. The Bertz CT molecular complexity index is 325. The summed E-state index contributed by atoms with van der Waals surface area (Å²) in [5.41, 5.74) is 0. The Morgan fingerprint density at radius 3 is 2.60 bits per heavy atom. The molecule has 0 unspecified atom stereocenters. The summed E-state index contributed by atoms with van der Waals surface area (Å²) >= 11 is 3.35. The van der Waals surface area contributed by atoms with Crippen molar-refractivity contribution in [2.24, 2.45) is 11.8 Å². The van der Waals surface area contributed by atoms with Crippen molar-refractivity contribution >= 4 is 21.9 Å². The highest BCUT2D eigenvalue weighted by Gasteiger charge is 2.29. The predicted octanol–water partition coefficient (Wildman–Crippen LogP) is 2.72. The van der Waals surface area contributed by atoms with Gasteiger partial charge in [-0.25, -0.2) is 9.97 Å². The lowest BCUT2D eigenvalue weighted by molar-refractivity contribution is 0.440. The van der Waals surface area contributed by atoms with E-state index in [1.807, 2.05) is 12.4 Å². The maximum atomic E-state index is 4.33. The Labute approximate surface area is 99.0 Å². The van der Waals surface area contributed by atoms with Crippen LogP contribution in [0.3, 0.4) is 0 Å². The van der Waals surface area contributed by atoms with E-state index in [0.717, 1.165) is 35.3 Å². The zero-order valence-electron chi connectivity index (χ0n) is 9.15. The second-order valence-corrected chi connectivity index (χ2v) is 5.17. The van der Waals surface area contributed by atoms with Crippen molar-refractivity contribution in [3.8, 4) is 0 Å². The third-order valence-electron chi connectivity index (χ3n) is 3.18. The summed E-state index contributed by atoms with van der Waals surface area (Å²) < 4.78 is 0.936. The van der Waals surface area contributed by atoms with Gasteiger partial charge in [0.15, 0.2) is 0 Å². The van der Waals surface area contributed by atoms with Crippen molar-refractivity contribution in [1.82, 2.24) is 9.97 Å². The van der Waals surface area contributed by atoms with Gasteiger partial charge in [-0.2, -0.15) is 0 Å². The fourth-order valence-corrected chi connectivity index (χ4v) is 2.40. The Hall–Kier alpha value is -0.640. The summed E-state index contributed by atoms with van der Waals surface area (Å²) in [4.78, 5) is 10.9. The van der Waals surface area contributed by atoms with Crippen molar-refractivity contribution in [3.05, 3.63) is 16.9 Å². The maximum absolute atomic E-state index is 4.33. The zero-order valence-corrected chi connectivity index (χ0v) is 10.7. The highest BCUT2D eigenvalue weighted by Crippen LogP contribution is 2.27. The van der Waals surface area contributed by atoms with E-state index in [4.69, 9.17) is 0 Å². The average Bonchev–Trinajstić information content (AvgIpc) is 2.61. The standard InChI is InChI=1S/C11H16BrN3/c1-3-9-7-15(6-8(9)2)11-13-4-10(12)5-14-11/h4-5,8-9H,3,6-7H2,1-2H3/t8-,9+/m0/s1. The highest BCUT2D eigenvalue weighted by molar-refractivity contribution is 9.10. The molecule has 0 bridgehead atoms. The number of anilines is 1. The van der Waals surface area contributed by atoms with Crippen LogP contribution >= 0.6 is 15.9 Å². The van der Waals surface area contributed by atoms with Crippen LogP contribution < -0.4 is 4.90 Å². The lowest BCUT2D eigenvalue weighted by Crippen LogP contribution is -2.22. The van der Waals surface area contributed by atoms with Gasteiger partial charge in [0.05, 0.1) is 4.47 Å². The fourth-order valence-electron chi connectivity index (χ4n) is 2.20. The highest BCUT2D eigenvalue weighted by atomic mass is 79.9. The molecule has 1 aliphatic heterocycles.